The lowest BCUT2D eigenvalue weighted by Gasteiger charge is -2.33. The number of aryl methyl sites for hydroxylation is 1. The Morgan fingerprint density at radius 1 is 1.27 bits per heavy atom. The Bertz CT molecular complexity index is 693. The number of anilines is 1. The van der Waals surface area contributed by atoms with Crippen LogP contribution in [0, 0.1) is 12.8 Å². The van der Waals surface area contributed by atoms with Crippen molar-refractivity contribution < 1.29 is 9.59 Å². The van der Waals surface area contributed by atoms with Gasteiger partial charge in [0.1, 0.15) is 0 Å². The van der Waals surface area contributed by atoms with E-state index < -0.39 is 0 Å². The van der Waals surface area contributed by atoms with Gasteiger partial charge in [-0.3, -0.25) is 9.59 Å². The number of amides is 2. The molecule has 1 aliphatic carbocycles. The number of carbonyl (C=O) groups excluding carboxylic acids is 2. The fourth-order valence-corrected chi connectivity index (χ4v) is 4.11. The number of primary amides is 1. The van der Waals surface area contributed by atoms with Crippen molar-refractivity contribution in [2.75, 3.05) is 32.5 Å². The van der Waals surface area contributed by atoms with E-state index in [2.05, 4.69) is 23.2 Å². The van der Waals surface area contributed by atoms with Gasteiger partial charge in [0, 0.05) is 42.8 Å². The van der Waals surface area contributed by atoms with Gasteiger partial charge in [0.2, 0.25) is 5.91 Å². The summed E-state index contributed by atoms with van der Waals surface area (Å²) in [6.45, 7) is 4.56. The first-order valence-corrected chi connectivity index (χ1v) is 9.49. The van der Waals surface area contributed by atoms with Crippen LogP contribution in [0.25, 0.3) is 0 Å². The van der Waals surface area contributed by atoms with Crippen LogP contribution >= 0.6 is 0 Å². The first-order valence-electron chi connectivity index (χ1n) is 9.49. The number of benzene rings is 1. The molecule has 0 spiro atoms. The van der Waals surface area contributed by atoms with Crippen molar-refractivity contribution >= 4 is 17.5 Å². The predicted molar refractivity (Wildman–Crippen MR) is 103 cm³/mol. The van der Waals surface area contributed by atoms with Crippen LogP contribution in [0.15, 0.2) is 12.1 Å². The normalized spacial score (nSPS) is 22.6. The third kappa shape index (κ3) is 3.85. The molecule has 0 radical (unpaired) electrons. The second-order valence-electron chi connectivity index (χ2n) is 7.89. The molecule has 1 heterocycles. The molecule has 1 aromatic rings. The van der Waals surface area contributed by atoms with E-state index >= 15 is 0 Å². The van der Waals surface area contributed by atoms with Crippen LogP contribution in [0.1, 0.15) is 47.2 Å². The summed E-state index contributed by atoms with van der Waals surface area (Å²) in [5.41, 5.74) is 9.57. The van der Waals surface area contributed by atoms with Crippen LogP contribution in [-0.2, 0) is 11.3 Å². The summed E-state index contributed by atoms with van der Waals surface area (Å²) in [6, 6.07) is 4.35. The minimum Gasteiger partial charge on any atom is -0.384 e. The van der Waals surface area contributed by atoms with Gasteiger partial charge in [-0.15, -0.1) is 0 Å². The average molecular weight is 358 g/mol. The van der Waals surface area contributed by atoms with Crippen molar-refractivity contribution in [1.82, 2.24) is 9.80 Å². The first kappa shape index (κ1) is 18.7. The summed E-state index contributed by atoms with van der Waals surface area (Å²) >= 11 is 0. The molecule has 1 saturated carbocycles. The molecule has 1 fully saturated rings. The highest BCUT2D eigenvalue weighted by Crippen LogP contribution is 2.35. The number of carbonyl (C=O) groups is 2. The number of likely N-dealkylation sites (N-methyl/N-ethyl adjacent to an activating group) is 1. The van der Waals surface area contributed by atoms with Gasteiger partial charge in [0.25, 0.3) is 5.91 Å². The molecule has 26 heavy (non-hydrogen) atoms. The highest BCUT2D eigenvalue weighted by atomic mass is 16.2. The highest BCUT2D eigenvalue weighted by molar-refractivity contribution is 6.00. The summed E-state index contributed by atoms with van der Waals surface area (Å²) in [6.07, 6.45) is 3.30. The van der Waals surface area contributed by atoms with E-state index in [0.717, 1.165) is 61.2 Å². The predicted octanol–water partition coefficient (Wildman–Crippen LogP) is 1.97. The molecule has 0 unspecified atom stereocenters. The van der Waals surface area contributed by atoms with Gasteiger partial charge in [-0.2, -0.15) is 0 Å². The second-order valence-corrected chi connectivity index (χ2v) is 7.89. The molecular formula is C20H30N4O2. The minimum atomic E-state index is -0.205. The van der Waals surface area contributed by atoms with Gasteiger partial charge >= 0.3 is 0 Å². The Hall–Kier alpha value is -2.08. The summed E-state index contributed by atoms with van der Waals surface area (Å²) in [5.74, 6) is -0.105. The quantitative estimate of drug-likeness (QED) is 0.815. The number of hydrogen-bond acceptors (Lipinski definition) is 4. The van der Waals surface area contributed by atoms with Gasteiger partial charge in [0.15, 0.2) is 0 Å². The molecule has 3 rings (SSSR count). The maximum Gasteiger partial charge on any atom is 0.254 e. The number of nitrogens with two attached hydrogens (primary N) is 1. The molecule has 3 N–H and O–H groups in total. The maximum absolute atomic E-state index is 13.0. The van der Waals surface area contributed by atoms with Crippen LogP contribution in [0.3, 0.4) is 0 Å². The van der Waals surface area contributed by atoms with E-state index in [0.29, 0.717) is 6.54 Å². The van der Waals surface area contributed by atoms with Crippen molar-refractivity contribution in [3.63, 3.8) is 0 Å². The molecule has 142 valence electrons. The van der Waals surface area contributed by atoms with Gasteiger partial charge in [0.05, 0.1) is 0 Å². The van der Waals surface area contributed by atoms with Crippen molar-refractivity contribution in [3.05, 3.63) is 28.8 Å². The van der Waals surface area contributed by atoms with Crippen LogP contribution < -0.4 is 11.1 Å². The lowest BCUT2D eigenvalue weighted by atomic mass is 9.85. The zero-order valence-electron chi connectivity index (χ0n) is 16.0. The fourth-order valence-electron chi connectivity index (χ4n) is 4.11. The molecule has 2 amide bonds. The lowest BCUT2D eigenvalue weighted by Crippen LogP contribution is -2.40. The van der Waals surface area contributed by atoms with Crippen LogP contribution in [0.5, 0.6) is 0 Å². The van der Waals surface area contributed by atoms with E-state index in [9.17, 15) is 9.59 Å². The Labute approximate surface area is 155 Å². The zero-order valence-corrected chi connectivity index (χ0v) is 16.0. The lowest BCUT2D eigenvalue weighted by molar-refractivity contribution is -0.123. The number of hydrogen-bond donors (Lipinski definition) is 2. The molecule has 1 aromatic carbocycles. The third-order valence-corrected chi connectivity index (χ3v) is 5.72. The number of rotatable bonds is 6. The summed E-state index contributed by atoms with van der Waals surface area (Å²) in [4.78, 5) is 28.5. The second kappa shape index (κ2) is 7.66. The van der Waals surface area contributed by atoms with Crippen molar-refractivity contribution in [2.24, 2.45) is 11.7 Å². The van der Waals surface area contributed by atoms with E-state index in [-0.39, 0.29) is 23.8 Å². The molecule has 6 nitrogen and oxygen atoms in total. The van der Waals surface area contributed by atoms with Gasteiger partial charge < -0.3 is 20.9 Å². The summed E-state index contributed by atoms with van der Waals surface area (Å²) < 4.78 is 0. The SMILES string of the molecule is Cc1cc(NCCN(C)C)cc2c1CN(C1CCC(C(N)=O)CC1)C2=O. The monoisotopic (exact) mass is 358 g/mol. The molecule has 0 bridgehead atoms. The van der Waals surface area contributed by atoms with Crippen molar-refractivity contribution in [2.45, 2.75) is 45.2 Å². The Kier molecular flexibility index (Phi) is 5.51. The smallest absolute Gasteiger partial charge is 0.254 e. The molecule has 0 atom stereocenters. The third-order valence-electron chi connectivity index (χ3n) is 5.72. The van der Waals surface area contributed by atoms with Crippen LogP contribution in [-0.4, -0.2) is 54.8 Å². The van der Waals surface area contributed by atoms with Gasteiger partial charge in [-0.05, 0) is 70.0 Å². The molecule has 6 heteroatoms. The largest absolute Gasteiger partial charge is 0.384 e. The number of fused-ring (bicyclic) bond motifs is 1. The van der Waals surface area contributed by atoms with Crippen molar-refractivity contribution in [3.8, 4) is 0 Å². The van der Waals surface area contributed by atoms with Gasteiger partial charge in [-0.1, -0.05) is 0 Å². The fraction of sp³-hybridized carbons (Fsp3) is 0.600. The van der Waals surface area contributed by atoms with E-state index in [1.54, 1.807) is 0 Å². The van der Waals surface area contributed by atoms with Crippen LogP contribution in [0.4, 0.5) is 5.69 Å². The van der Waals surface area contributed by atoms with E-state index in [1.165, 1.54) is 0 Å². The molecule has 1 aliphatic heterocycles. The Morgan fingerprint density at radius 3 is 2.58 bits per heavy atom. The topological polar surface area (TPSA) is 78.7 Å². The van der Waals surface area contributed by atoms with E-state index in [4.69, 9.17) is 5.73 Å². The first-order chi connectivity index (χ1) is 12.4. The zero-order chi connectivity index (χ0) is 18.8. The number of nitrogens with one attached hydrogen (secondary N) is 1. The van der Waals surface area contributed by atoms with Crippen molar-refractivity contribution in [1.29, 1.82) is 0 Å². The summed E-state index contributed by atoms with van der Waals surface area (Å²) in [7, 11) is 4.09. The highest BCUT2D eigenvalue weighted by Gasteiger charge is 2.36. The average Bonchev–Trinajstić information content (AvgIpc) is 2.92. The minimum absolute atomic E-state index is 0.0273. The van der Waals surface area contributed by atoms with Crippen LogP contribution in [0.2, 0.25) is 0 Å². The molecular weight excluding hydrogens is 328 g/mol. The molecule has 0 saturated heterocycles. The maximum atomic E-state index is 13.0. The van der Waals surface area contributed by atoms with Gasteiger partial charge in [-0.25, -0.2) is 0 Å². The Morgan fingerprint density at radius 2 is 1.96 bits per heavy atom. The number of nitrogens with zero attached hydrogens (tertiary/aromatic N) is 2. The van der Waals surface area contributed by atoms with E-state index in [1.807, 2.05) is 25.1 Å². The summed E-state index contributed by atoms with van der Waals surface area (Å²) in [5, 5.41) is 3.42. The standard InChI is InChI=1S/C20H30N4O2/c1-13-10-15(22-8-9-23(2)3)11-17-18(13)12-24(20(17)26)16-6-4-14(5-7-16)19(21)25/h10-11,14,16,22H,4-9,12H2,1-3H3,(H2,21,25). The molecule has 2 aliphatic rings. The Balaban J connectivity index is 1.69. The molecule has 0 aromatic heterocycles.